The summed E-state index contributed by atoms with van der Waals surface area (Å²) in [6.07, 6.45) is -1.93. The summed E-state index contributed by atoms with van der Waals surface area (Å²) in [6.45, 7) is 28.3. The number of aliphatic hydroxyl groups excluding tert-OH is 3. The molecule has 0 aromatic heterocycles. The van der Waals surface area contributed by atoms with E-state index in [0.717, 1.165) is 16.7 Å². The Labute approximate surface area is 468 Å². The molecule has 65 heavy (non-hydrogen) atoms. The SMILES string of the molecule is C.CC.CC.CC.[CH2-]C(=O)C[C@H](O)CC(=O)N[C@@H](C)c1ccccc1.[CH2-][C@H](O)C[C@H](O)CC(=O)N[C@@H](C)c1ccccc1.[CH2-][C@H]1C[C@@H](CC(=O)N[C@@H](C)c2ccccc2)OCO1.[Y].[Y].[Y]. The Morgan fingerprint density at radius 3 is 1.26 bits per heavy atom. The number of carbonyl (C=O) groups excluding carboxylic acids is 4. The van der Waals surface area contributed by atoms with Crippen LogP contribution in [0.4, 0.5) is 0 Å². The number of nitrogens with one attached hydrogen (secondary N) is 3. The number of aliphatic hydroxyl groups is 3. The molecule has 361 valence electrons. The average Bonchev–Trinajstić information content (AvgIpc) is 3.23. The Kier molecular flexibility index (Phi) is 55.3. The zero-order chi connectivity index (χ0) is 46.8. The molecule has 1 heterocycles. The minimum atomic E-state index is -0.960. The number of Topliss-reactive ketones (excluding diaryl/α,β-unsaturated/α-hetero) is 1. The van der Waals surface area contributed by atoms with Crippen LogP contribution in [0, 0.1) is 20.8 Å². The van der Waals surface area contributed by atoms with Gasteiger partial charge >= 0.3 is 0 Å². The van der Waals surface area contributed by atoms with Crippen molar-refractivity contribution < 1.29 is 142 Å². The van der Waals surface area contributed by atoms with E-state index in [1.807, 2.05) is 153 Å². The van der Waals surface area contributed by atoms with Crippen molar-refractivity contribution in [1.82, 2.24) is 16.0 Å². The van der Waals surface area contributed by atoms with E-state index in [1.54, 1.807) is 0 Å². The number of hydrogen-bond acceptors (Lipinski definition) is 9. The third kappa shape index (κ3) is 39.3. The minimum absolute atomic E-state index is 0. The summed E-state index contributed by atoms with van der Waals surface area (Å²) < 4.78 is 10.6. The first kappa shape index (κ1) is 75.2. The molecule has 0 saturated carbocycles. The summed E-state index contributed by atoms with van der Waals surface area (Å²) in [5.41, 5.74) is 3.10. The second kappa shape index (κ2) is 47.8. The van der Waals surface area contributed by atoms with Gasteiger partial charge in [-0.1, -0.05) is 152 Å². The van der Waals surface area contributed by atoms with E-state index in [2.05, 4.69) is 36.7 Å². The van der Waals surface area contributed by atoms with Gasteiger partial charge in [-0.2, -0.15) is 0 Å². The molecule has 4 rings (SSSR count). The number of ether oxygens (including phenoxy) is 2. The van der Waals surface area contributed by atoms with Crippen molar-refractivity contribution in [2.45, 2.75) is 157 Å². The second-order valence-electron chi connectivity index (χ2n) is 13.6. The molecule has 3 radical (unpaired) electrons. The number of rotatable bonds is 16. The molecule has 3 amide bonds. The van der Waals surface area contributed by atoms with Crippen LogP contribution in [0.2, 0.25) is 0 Å². The van der Waals surface area contributed by atoms with Gasteiger partial charge in [0.1, 0.15) is 6.79 Å². The van der Waals surface area contributed by atoms with Crippen LogP contribution >= 0.6 is 0 Å². The molecule has 6 N–H and O–H groups in total. The van der Waals surface area contributed by atoms with Crippen molar-refractivity contribution in [2.75, 3.05) is 6.79 Å². The average molecular weight is 1130 g/mol. The van der Waals surface area contributed by atoms with Crippen LogP contribution in [-0.2, 0) is 127 Å². The van der Waals surface area contributed by atoms with Gasteiger partial charge in [-0.05, 0) is 56.1 Å². The maximum atomic E-state index is 11.9. The van der Waals surface area contributed by atoms with Crippen LogP contribution in [0.25, 0.3) is 0 Å². The van der Waals surface area contributed by atoms with Gasteiger partial charge in [0.15, 0.2) is 0 Å². The Bertz CT molecular complexity index is 1560. The van der Waals surface area contributed by atoms with Gasteiger partial charge in [-0.3, -0.25) is 14.4 Å². The van der Waals surface area contributed by atoms with Crippen molar-refractivity contribution in [2.24, 2.45) is 0 Å². The van der Waals surface area contributed by atoms with Crippen LogP contribution in [0.1, 0.15) is 143 Å². The monoisotopic (exact) mass is 1130 g/mol. The standard InChI is InChI=1S/C15H20NO3.C14H20NO3.C14H18NO3.3C2H6.CH4.3Y/c1-11-8-14(19-10-18-11)9-15(17)16-12(2)13-6-4-3-5-7-13;2*1-10(16)8-13(17)9-14(18)15-11(2)12-6-4-3-5-7-12;3*1-2;;;;/h3-7,11-12,14H,1,8-10H2,2H3,(H,16,17);3-7,10-11,13,16-17H,1,8-9H2,2H3,(H,15,18);3-7,11,13,17H,1,8-9H2,2H3,(H,15,18);3*1-2H3;1H4;;;/q3*-1;;;;;;;/t11-,12-,14-;10-,11-,13-;11-,13-;;;;;;;/m000......./s1. The van der Waals surface area contributed by atoms with Gasteiger partial charge in [0.05, 0.1) is 55.7 Å². The zero-order valence-corrected chi connectivity index (χ0v) is 48.4. The first-order valence-corrected chi connectivity index (χ1v) is 21.4. The third-order valence-electron chi connectivity index (χ3n) is 8.43. The number of amides is 3. The minimum Gasteiger partial charge on any atom is -0.425 e. The van der Waals surface area contributed by atoms with Gasteiger partial charge in [0.2, 0.25) is 17.7 Å². The zero-order valence-electron chi connectivity index (χ0n) is 39.9. The van der Waals surface area contributed by atoms with E-state index in [0.29, 0.717) is 12.8 Å². The third-order valence-corrected chi connectivity index (χ3v) is 8.43. The summed E-state index contributed by atoms with van der Waals surface area (Å²) in [4.78, 5) is 45.9. The van der Waals surface area contributed by atoms with E-state index < -0.39 is 18.3 Å². The fourth-order valence-electron chi connectivity index (χ4n) is 5.55. The van der Waals surface area contributed by atoms with E-state index in [-0.39, 0.29) is 192 Å². The van der Waals surface area contributed by atoms with Crippen LogP contribution in [0.15, 0.2) is 91.0 Å². The normalized spacial score (nSPS) is 15.7. The molecule has 15 heteroatoms. The molecule has 8 atom stereocenters. The molecule has 1 fully saturated rings. The quantitative estimate of drug-likeness (QED) is 0.0766. The fourth-order valence-corrected chi connectivity index (χ4v) is 5.55. The van der Waals surface area contributed by atoms with Crippen LogP contribution < -0.4 is 16.0 Å². The first-order valence-electron chi connectivity index (χ1n) is 21.4. The summed E-state index contributed by atoms with van der Waals surface area (Å²) in [7, 11) is 0. The van der Waals surface area contributed by atoms with Crippen molar-refractivity contribution in [3.63, 3.8) is 0 Å². The number of hydrogen-bond donors (Lipinski definition) is 6. The summed E-state index contributed by atoms with van der Waals surface area (Å²) in [5.74, 6) is -0.888. The molecule has 12 nitrogen and oxygen atoms in total. The Balaban J connectivity index is -0.000000184. The molecule has 0 spiro atoms. The van der Waals surface area contributed by atoms with Crippen molar-refractivity contribution in [1.29, 1.82) is 0 Å². The van der Waals surface area contributed by atoms with Gasteiger partial charge in [-0.15, -0.1) is 0 Å². The van der Waals surface area contributed by atoms with E-state index in [4.69, 9.17) is 14.6 Å². The summed E-state index contributed by atoms with van der Waals surface area (Å²) in [5, 5.41) is 36.5. The summed E-state index contributed by atoms with van der Waals surface area (Å²) in [6, 6.07) is 28.8. The van der Waals surface area contributed by atoms with E-state index in [9.17, 15) is 29.4 Å². The predicted molar refractivity (Wildman–Crippen MR) is 251 cm³/mol. The fraction of sp³-hybridized carbons (Fsp3) is 0.500. The maximum absolute atomic E-state index is 11.9. The largest absolute Gasteiger partial charge is 0.425 e. The molecule has 0 aliphatic carbocycles. The second-order valence-corrected chi connectivity index (χ2v) is 13.6. The number of benzene rings is 3. The molecule has 0 unspecified atom stereocenters. The van der Waals surface area contributed by atoms with E-state index in [1.165, 1.54) is 0 Å². The summed E-state index contributed by atoms with van der Waals surface area (Å²) >= 11 is 0. The molecule has 1 saturated heterocycles. The molecular weight excluding hydrogens is 1050 g/mol. The number of ketones is 1. The molecule has 3 aromatic rings. The van der Waals surface area contributed by atoms with Gasteiger partial charge < -0.3 is 66.3 Å². The molecular formula is C50H80N3O9Y3-3. The molecule has 3 aromatic carbocycles. The topological polar surface area (TPSA) is 184 Å². The van der Waals surface area contributed by atoms with E-state index >= 15 is 0 Å². The molecule has 1 aliphatic heterocycles. The van der Waals surface area contributed by atoms with Gasteiger partial charge in [0.25, 0.3) is 0 Å². The smallest absolute Gasteiger partial charge is 0.223 e. The Morgan fingerprint density at radius 2 is 0.938 bits per heavy atom. The van der Waals surface area contributed by atoms with Crippen LogP contribution in [-0.4, -0.2) is 76.1 Å². The maximum Gasteiger partial charge on any atom is 0.223 e. The van der Waals surface area contributed by atoms with Crippen molar-refractivity contribution in [3.05, 3.63) is 128 Å². The van der Waals surface area contributed by atoms with Crippen molar-refractivity contribution in [3.8, 4) is 0 Å². The molecule has 0 bridgehead atoms. The number of carbonyl (C=O) groups is 4. The predicted octanol–water partition coefficient (Wildman–Crippen LogP) is 8.53. The van der Waals surface area contributed by atoms with Gasteiger partial charge in [0, 0.05) is 105 Å². The van der Waals surface area contributed by atoms with Gasteiger partial charge in [-0.25, -0.2) is 0 Å². The molecule has 1 aliphatic rings. The Hall–Kier alpha value is -1.28. The van der Waals surface area contributed by atoms with Crippen LogP contribution in [0.5, 0.6) is 0 Å². The van der Waals surface area contributed by atoms with Crippen LogP contribution in [0.3, 0.4) is 0 Å². The first-order chi connectivity index (χ1) is 29.1. The van der Waals surface area contributed by atoms with Crippen molar-refractivity contribution >= 4 is 23.5 Å². The Morgan fingerprint density at radius 1 is 0.600 bits per heavy atom.